The minimum absolute atomic E-state index is 0.130. The van der Waals surface area contributed by atoms with Crippen molar-refractivity contribution in [1.29, 1.82) is 0 Å². The quantitative estimate of drug-likeness (QED) is 0.337. The zero-order valence-electron chi connectivity index (χ0n) is 18.6. The number of likely N-dealkylation sites (N-methyl/N-ethyl adjacent to an activating group) is 1. The van der Waals surface area contributed by atoms with Gasteiger partial charge in [-0.05, 0) is 46.0 Å². The van der Waals surface area contributed by atoms with Crippen molar-refractivity contribution in [3.05, 3.63) is 52.0 Å². The van der Waals surface area contributed by atoms with Crippen LogP contribution in [-0.4, -0.2) is 73.1 Å². The number of rotatable bonds is 2. The van der Waals surface area contributed by atoms with Crippen LogP contribution >= 0.6 is 0 Å². The molecule has 176 valence electrons. The van der Waals surface area contributed by atoms with Crippen molar-refractivity contribution >= 4 is 17.5 Å². The third-order valence-corrected chi connectivity index (χ3v) is 7.82. The highest BCUT2D eigenvalue weighted by Crippen LogP contribution is 2.58. The molecule has 10 nitrogen and oxygen atoms in total. The van der Waals surface area contributed by atoms with Crippen molar-refractivity contribution in [3.63, 3.8) is 0 Å². The monoisotopic (exact) mass is 458 g/mol. The first-order valence-corrected chi connectivity index (χ1v) is 10.4. The number of hydrogen-bond donors (Lipinski definition) is 6. The fraction of sp³-hybridized carbons (Fsp3) is 0.435. The first-order chi connectivity index (χ1) is 15.1. The normalized spacial score (nSPS) is 36.0. The van der Waals surface area contributed by atoms with Gasteiger partial charge < -0.3 is 31.3 Å². The molecule has 3 aliphatic carbocycles. The van der Waals surface area contributed by atoms with Crippen molar-refractivity contribution in [2.45, 2.75) is 37.0 Å². The molecule has 33 heavy (non-hydrogen) atoms. The van der Waals surface area contributed by atoms with E-state index in [-0.39, 0.29) is 17.5 Å². The maximum atomic E-state index is 13.4. The van der Waals surface area contributed by atoms with Crippen LogP contribution in [0.4, 0.5) is 0 Å². The summed E-state index contributed by atoms with van der Waals surface area (Å²) in [6, 6.07) is 4.18. The van der Waals surface area contributed by atoms with Gasteiger partial charge in [0, 0.05) is 17.4 Å². The number of nitrogens with zero attached hydrogens (tertiary/aromatic N) is 1. The van der Waals surface area contributed by atoms with E-state index in [1.807, 2.05) is 0 Å². The Bertz CT molecular complexity index is 1200. The molecule has 1 amide bonds. The second-order valence-electron chi connectivity index (χ2n) is 9.50. The summed E-state index contributed by atoms with van der Waals surface area (Å²) >= 11 is 0. The number of phenols is 1. The predicted molar refractivity (Wildman–Crippen MR) is 114 cm³/mol. The molecule has 0 radical (unpaired) electrons. The molecule has 0 unspecified atom stereocenters. The van der Waals surface area contributed by atoms with Crippen molar-refractivity contribution in [2.24, 2.45) is 17.6 Å². The standard InChI is InChI=1S/C23H26N2O8/c1-21(25(3)4)12-8-10-14(16(27)13-9(22(10,2)32)6-5-7-11(13)26)18(29)23(12,33)19(30)15(17(21)28)20(24)31/h5-7,10,12,26,28-29,32-33H,8H2,1-4H3,(H2,24,31)/t10-,12-,21-,22+,23-/m0/s1. The smallest absolute Gasteiger partial charge is 0.255 e. The van der Waals surface area contributed by atoms with Gasteiger partial charge in [-0.15, -0.1) is 0 Å². The van der Waals surface area contributed by atoms with E-state index in [1.165, 1.54) is 36.9 Å². The van der Waals surface area contributed by atoms with Crippen molar-refractivity contribution in [3.8, 4) is 5.75 Å². The number of carbonyl (C=O) groups is 3. The number of phenolic OH excluding ortho intramolecular Hbond substituents is 1. The third kappa shape index (κ3) is 2.51. The second kappa shape index (κ2) is 6.66. The Balaban J connectivity index is 2.09. The van der Waals surface area contributed by atoms with Gasteiger partial charge >= 0.3 is 0 Å². The fourth-order valence-electron chi connectivity index (χ4n) is 5.73. The fourth-order valence-corrected chi connectivity index (χ4v) is 5.73. The van der Waals surface area contributed by atoms with Crippen LogP contribution in [0.25, 0.3) is 0 Å². The predicted octanol–water partition coefficient (Wildman–Crippen LogP) is 0.176. The summed E-state index contributed by atoms with van der Waals surface area (Å²) in [5.74, 6) is -8.01. The van der Waals surface area contributed by atoms with Crippen LogP contribution in [0, 0.1) is 11.8 Å². The molecule has 0 bridgehead atoms. The van der Waals surface area contributed by atoms with Crippen LogP contribution in [0.2, 0.25) is 0 Å². The van der Waals surface area contributed by atoms with Gasteiger partial charge in [-0.3, -0.25) is 19.3 Å². The second-order valence-corrected chi connectivity index (χ2v) is 9.50. The van der Waals surface area contributed by atoms with Gasteiger partial charge in [0.1, 0.15) is 22.8 Å². The van der Waals surface area contributed by atoms with Crippen molar-refractivity contribution in [1.82, 2.24) is 4.90 Å². The number of aliphatic hydroxyl groups excluding tert-OH is 2. The molecule has 0 heterocycles. The minimum atomic E-state index is -2.78. The molecular formula is C23H26N2O8. The lowest BCUT2D eigenvalue weighted by Gasteiger charge is -2.56. The highest BCUT2D eigenvalue weighted by molar-refractivity contribution is 6.25. The van der Waals surface area contributed by atoms with Gasteiger partial charge in [-0.25, -0.2) is 0 Å². The van der Waals surface area contributed by atoms with Gasteiger partial charge in [0.15, 0.2) is 11.4 Å². The first-order valence-electron chi connectivity index (χ1n) is 10.4. The summed E-state index contributed by atoms with van der Waals surface area (Å²) in [5.41, 5.74) is -2.25. The number of carbonyl (C=O) groups excluding carboxylic acids is 3. The van der Waals surface area contributed by atoms with Crippen LogP contribution in [0.15, 0.2) is 40.9 Å². The average molecular weight is 458 g/mol. The van der Waals surface area contributed by atoms with E-state index in [0.717, 1.165) is 0 Å². The summed E-state index contributed by atoms with van der Waals surface area (Å²) in [4.78, 5) is 40.2. The molecule has 0 fully saturated rings. The van der Waals surface area contributed by atoms with Crippen LogP contribution in [0.3, 0.4) is 0 Å². The summed E-state index contributed by atoms with van der Waals surface area (Å²) in [6.07, 6.45) is -0.222. The van der Waals surface area contributed by atoms with E-state index in [1.54, 1.807) is 14.1 Å². The molecule has 0 saturated carbocycles. The van der Waals surface area contributed by atoms with Gasteiger partial charge in [0.05, 0.1) is 16.7 Å². The molecule has 0 saturated heterocycles. The number of fused-ring (bicyclic) bond motifs is 3. The molecule has 10 heteroatoms. The molecule has 5 atom stereocenters. The van der Waals surface area contributed by atoms with Crippen molar-refractivity contribution < 1.29 is 39.9 Å². The van der Waals surface area contributed by atoms with Crippen LogP contribution in [0.1, 0.15) is 36.2 Å². The summed E-state index contributed by atoms with van der Waals surface area (Å²) in [7, 11) is 3.08. The Morgan fingerprint density at radius 2 is 1.70 bits per heavy atom. The molecular weight excluding hydrogens is 432 g/mol. The molecule has 1 aromatic rings. The topological polar surface area (TPSA) is 182 Å². The van der Waals surface area contributed by atoms with Gasteiger partial charge in [-0.2, -0.15) is 0 Å². The van der Waals surface area contributed by atoms with Crippen LogP contribution < -0.4 is 5.73 Å². The molecule has 3 aliphatic rings. The number of Topliss-reactive ketones (excluding diaryl/α,β-unsaturated/α-hetero) is 2. The highest BCUT2D eigenvalue weighted by Gasteiger charge is 2.69. The molecule has 4 rings (SSSR count). The lowest BCUT2D eigenvalue weighted by molar-refractivity contribution is -0.159. The summed E-state index contributed by atoms with van der Waals surface area (Å²) < 4.78 is 0. The van der Waals surface area contributed by atoms with E-state index in [4.69, 9.17) is 5.73 Å². The number of aromatic hydroxyl groups is 1. The number of ketones is 2. The van der Waals surface area contributed by atoms with E-state index in [9.17, 15) is 39.9 Å². The number of primary amides is 1. The Kier molecular flexibility index (Phi) is 4.63. The number of aliphatic hydroxyl groups is 4. The van der Waals surface area contributed by atoms with Gasteiger partial charge in [0.2, 0.25) is 5.78 Å². The zero-order chi connectivity index (χ0) is 24.8. The maximum absolute atomic E-state index is 13.4. The SMILES string of the molecule is CN(C)[C@]1(C)C(O)=C(C(N)=O)C(=O)[C@@]2(O)C(O)=C3C(=O)c4c(O)cccc4[C@@](C)(O)[C@H]3C[C@H]21. The molecule has 0 aromatic heterocycles. The zero-order valence-corrected chi connectivity index (χ0v) is 18.6. The number of benzene rings is 1. The maximum Gasteiger partial charge on any atom is 0.255 e. The van der Waals surface area contributed by atoms with E-state index in [0.29, 0.717) is 0 Å². The molecule has 7 N–H and O–H groups in total. The molecule has 0 aliphatic heterocycles. The van der Waals surface area contributed by atoms with Crippen LogP contribution in [0.5, 0.6) is 5.75 Å². The summed E-state index contributed by atoms with van der Waals surface area (Å²) in [6.45, 7) is 2.87. The lowest BCUT2D eigenvalue weighted by atomic mass is 9.52. The Morgan fingerprint density at radius 1 is 1.09 bits per heavy atom. The van der Waals surface area contributed by atoms with Crippen LogP contribution in [-0.2, 0) is 15.2 Å². The minimum Gasteiger partial charge on any atom is -0.509 e. The lowest BCUT2D eigenvalue weighted by Crippen LogP contribution is -2.69. The van der Waals surface area contributed by atoms with Crippen molar-refractivity contribution in [2.75, 3.05) is 14.1 Å². The van der Waals surface area contributed by atoms with E-state index >= 15 is 0 Å². The van der Waals surface area contributed by atoms with Gasteiger partial charge in [0.25, 0.3) is 5.91 Å². The van der Waals surface area contributed by atoms with Gasteiger partial charge in [-0.1, -0.05) is 12.1 Å². The van der Waals surface area contributed by atoms with E-state index < -0.39 is 74.5 Å². The summed E-state index contributed by atoms with van der Waals surface area (Å²) in [5, 5.41) is 55.7. The average Bonchev–Trinajstić information content (AvgIpc) is 2.72. The third-order valence-electron chi connectivity index (χ3n) is 7.82. The Morgan fingerprint density at radius 3 is 2.24 bits per heavy atom. The number of amides is 1. The highest BCUT2D eigenvalue weighted by atomic mass is 16.3. The first kappa shape index (κ1) is 23.0. The number of nitrogens with two attached hydrogens (primary N) is 1. The Labute approximate surface area is 189 Å². The number of hydrogen-bond acceptors (Lipinski definition) is 9. The Hall–Kier alpha value is -3.21. The molecule has 0 spiro atoms. The largest absolute Gasteiger partial charge is 0.509 e. The van der Waals surface area contributed by atoms with E-state index in [2.05, 4.69) is 0 Å². The molecule has 1 aromatic carbocycles.